The number of thiophene rings is 1. The van der Waals surface area contributed by atoms with Crippen molar-refractivity contribution in [3.05, 3.63) is 52.9 Å². The monoisotopic (exact) mass is 261 g/mol. The second-order valence-corrected chi connectivity index (χ2v) is 4.62. The average molecular weight is 261 g/mol. The number of carboxylic acid groups (broad SMARTS) is 1. The first-order valence-corrected chi connectivity index (χ1v) is 6.12. The molecule has 1 N–H and O–H groups in total. The van der Waals surface area contributed by atoms with Gasteiger partial charge in [-0.25, -0.2) is 4.79 Å². The molecule has 0 bridgehead atoms. The number of carboxylic acids is 1. The summed E-state index contributed by atoms with van der Waals surface area (Å²) >= 11 is 1.47. The molecule has 5 heteroatoms. The molecule has 0 fully saturated rings. The Morgan fingerprint density at radius 1 is 1.11 bits per heavy atom. The molecule has 2 aromatic rings. The van der Waals surface area contributed by atoms with Crippen molar-refractivity contribution in [2.75, 3.05) is 11.9 Å². The van der Waals surface area contributed by atoms with Gasteiger partial charge in [0, 0.05) is 12.6 Å². The molecule has 0 spiro atoms. The summed E-state index contributed by atoms with van der Waals surface area (Å²) in [5, 5.41) is 11.5. The normalized spacial score (nSPS) is 10.1. The van der Waals surface area contributed by atoms with Crippen LogP contribution in [0.3, 0.4) is 0 Å². The van der Waals surface area contributed by atoms with Crippen molar-refractivity contribution in [3.8, 4) is 0 Å². The molecule has 2 rings (SSSR count). The molecule has 1 heterocycles. The molecular formula is C13H11NO3S. The Morgan fingerprint density at radius 3 is 2.22 bits per heavy atom. The van der Waals surface area contributed by atoms with Crippen molar-refractivity contribution >= 4 is 28.2 Å². The molecule has 18 heavy (non-hydrogen) atoms. The van der Waals surface area contributed by atoms with Crippen LogP contribution in [-0.4, -0.2) is 24.0 Å². The van der Waals surface area contributed by atoms with E-state index in [2.05, 4.69) is 0 Å². The van der Waals surface area contributed by atoms with Gasteiger partial charge in [-0.15, -0.1) is 11.3 Å². The van der Waals surface area contributed by atoms with Gasteiger partial charge in [0.25, 0.3) is 5.91 Å². The number of nitrogens with zero attached hydrogens (tertiary/aromatic N) is 1. The van der Waals surface area contributed by atoms with Crippen LogP contribution in [0.5, 0.6) is 0 Å². The van der Waals surface area contributed by atoms with Gasteiger partial charge in [0.15, 0.2) is 0 Å². The maximum Gasteiger partial charge on any atom is 0.335 e. The fourth-order valence-electron chi connectivity index (χ4n) is 1.51. The second-order valence-electron chi connectivity index (χ2n) is 3.70. The maximum absolute atomic E-state index is 12.1. The Balaban J connectivity index is 2.21. The van der Waals surface area contributed by atoms with E-state index in [9.17, 15) is 9.59 Å². The van der Waals surface area contributed by atoms with Crippen LogP contribution in [0.1, 0.15) is 20.7 Å². The Hall–Kier alpha value is -2.14. The van der Waals surface area contributed by atoms with Gasteiger partial charge in [0.1, 0.15) is 0 Å². The van der Waals surface area contributed by atoms with Gasteiger partial charge < -0.3 is 10.0 Å². The van der Waals surface area contributed by atoms with Gasteiger partial charge in [0.05, 0.1) is 10.6 Å². The second kappa shape index (κ2) is 5.01. The van der Waals surface area contributed by atoms with Crippen molar-refractivity contribution < 1.29 is 14.7 Å². The molecule has 1 aromatic carbocycles. The molecular weight excluding hydrogens is 250 g/mol. The fourth-order valence-corrected chi connectivity index (χ4v) is 2.20. The molecule has 1 amide bonds. The minimum atomic E-state index is -0.999. The average Bonchev–Trinajstić information content (AvgIpc) is 2.91. The highest BCUT2D eigenvalue weighted by Gasteiger charge is 2.14. The molecule has 0 atom stereocenters. The highest BCUT2D eigenvalue weighted by Crippen LogP contribution is 2.21. The van der Waals surface area contributed by atoms with Crippen LogP contribution >= 0.6 is 11.3 Å². The van der Waals surface area contributed by atoms with Crippen LogP contribution in [0.4, 0.5) is 5.00 Å². The zero-order valence-electron chi connectivity index (χ0n) is 9.66. The van der Waals surface area contributed by atoms with E-state index in [1.54, 1.807) is 11.9 Å². The van der Waals surface area contributed by atoms with E-state index in [4.69, 9.17) is 5.11 Å². The summed E-state index contributed by atoms with van der Waals surface area (Å²) in [5.74, 6) is -1.16. The summed E-state index contributed by atoms with van der Waals surface area (Å²) in [6.45, 7) is 0. The van der Waals surface area contributed by atoms with E-state index in [0.29, 0.717) is 5.56 Å². The smallest absolute Gasteiger partial charge is 0.335 e. The Morgan fingerprint density at radius 2 is 1.72 bits per heavy atom. The molecule has 0 aliphatic heterocycles. The SMILES string of the molecule is CN(C(=O)c1ccc(C(=O)O)cc1)c1cccs1. The highest BCUT2D eigenvalue weighted by atomic mass is 32.1. The molecule has 92 valence electrons. The zero-order valence-corrected chi connectivity index (χ0v) is 10.5. The van der Waals surface area contributed by atoms with Crippen LogP contribution in [0.15, 0.2) is 41.8 Å². The third-order valence-corrected chi connectivity index (χ3v) is 3.46. The van der Waals surface area contributed by atoms with Crippen LogP contribution in [0.2, 0.25) is 0 Å². The predicted octanol–water partition coefficient (Wildman–Crippen LogP) is 2.72. The Labute approximate surface area is 108 Å². The van der Waals surface area contributed by atoms with E-state index >= 15 is 0 Å². The van der Waals surface area contributed by atoms with Crippen LogP contribution in [-0.2, 0) is 0 Å². The number of amides is 1. The third-order valence-electron chi connectivity index (χ3n) is 2.52. The van der Waals surface area contributed by atoms with Crippen molar-refractivity contribution in [3.63, 3.8) is 0 Å². The zero-order chi connectivity index (χ0) is 13.1. The summed E-state index contributed by atoms with van der Waals surface area (Å²) < 4.78 is 0. The lowest BCUT2D eigenvalue weighted by Gasteiger charge is -2.14. The lowest BCUT2D eigenvalue weighted by atomic mass is 10.1. The Bertz CT molecular complexity index is 560. The fraction of sp³-hybridized carbons (Fsp3) is 0.0769. The Kier molecular flexibility index (Phi) is 3.43. The van der Waals surface area contributed by atoms with Gasteiger partial charge >= 0.3 is 5.97 Å². The number of anilines is 1. The van der Waals surface area contributed by atoms with Crippen molar-refractivity contribution in [2.45, 2.75) is 0 Å². The van der Waals surface area contributed by atoms with Crippen LogP contribution in [0, 0.1) is 0 Å². The van der Waals surface area contributed by atoms with E-state index in [1.165, 1.54) is 35.6 Å². The van der Waals surface area contributed by atoms with Crippen LogP contribution < -0.4 is 4.90 Å². The molecule has 0 saturated heterocycles. The standard InChI is InChI=1S/C13H11NO3S/c1-14(11-3-2-8-18-11)12(15)9-4-6-10(7-5-9)13(16)17/h2-8H,1H3,(H,16,17). The minimum absolute atomic E-state index is 0.158. The molecule has 0 unspecified atom stereocenters. The molecule has 0 saturated carbocycles. The quantitative estimate of drug-likeness (QED) is 0.924. The van der Waals surface area contributed by atoms with E-state index in [1.807, 2.05) is 17.5 Å². The van der Waals surface area contributed by atoms with E-state index in [-0.39, 0.29) is 11.5 Å². The minimum Gasteiger partial charge on any atom is -0.478 e. The summed E-state index contributed by atoms with van der Waals surface area (Å²) in [6.07, 6.45) is 0. The number of carbonyl (C=O) groups is 2. The van der Waals surface area contributed by atoms with Gasteiger partial charge in [-0.3, -0.25) is 4.79 Å². The van der Waals surface area contributed by atoms with Gasteiger partial charge in [-0.1, -0.05) is 0 Å². The topological polar surface area (TPSA) is 57.6 Å². The highest BCUT2D eigenvalue weighted by molar-refractivity contribution is 7.14. The molecule has 1 aromatic heterocycles. The molecule has 0 radical (unpaired) electrons. The van der Waals surface area contributed by atoms with Crippen molar-refractivity contribution in [1.82, 2.24) is 0 Å². The predicted molar refractivity (Wildman–Crippen MR) is 70.5 cm³/mol. The van der Waals surface area contributed by atoms with E-state index in [0.717, 1.165) is 5.00 Å². The van der Waals surface area contributed by atoms with Gasteiger partial charge in [-0.2, -0.15) is 0 Å². The largest absolute Gasteiger partial charge is 0.478 e. The number of hydrogen-bond acceptors (Lipinski definition) is 3. The van der Waals surface area contributed by atoms with Gasteiger partial charge in [0.2, 0.25) is 0 Å². The number of rotatable bonds is 3. The lowest BCUT2D eigenvalue weighted by Crippen LogP contribution is -2.25. The maximum atomic E-state index is 12.1. The lowest BCUT2D eigenvalue weighted by molar-refractivity contribution is 0.0696. The first-order valence-electron chi connectivity index (χ1n) is 5.24. The molecule has 0 aliphatic rings. The van der Waals surface area contributed by atoms with Crippen LogP contribution in [0.25, 0.3) is 0 Å². The van der Waals surface area contributed by atoms with E-state index < -0.39 is 5.97 Å². The molecule has 4 nitrogen and oxygen atoms in total. The number of carbonyl (C=O) groups excluding carboxylic acids is 1. The number of hydrogen-bond donors (Lipinski definition) is 1. The first-order chi connectivity index (χ1) is 8.59. The summed E-state index contributed by atoms with van der Waals surface area (Å²) in [5.41, 5.74) is 0.640. The number of benzene rings is 1. The molecule has 0 aliphatic carbocycles. The van der Waals surface area contributed by atoms with Crippen molar-refractivity contribution in [1.29, 1.82) is 0 Å². The van der Waals surface area contributed by atoms with Crippen molar-refractivity contribution in [2.24, 2.45) is 0 Å². The summed E-state index contributed by atoms with van der Waals surface area (Å²) in [7, 11) is 1.69. The van der Waals surface area contributed by atoms with Gasteiger partial charge in [-0.05, 0) is 41.8 Å². The summed E-state index contributed by atoms with van der Waals surface area (Å²) in [4.78, 5) is 24.4. The summed E-state index contributed by atoms with van der Waals surface area (Å²) in [6, 6.07) is 9.63. The third kappa shape index (κ3) is 2.41. The first kappa shape index (κ1) is 12.3. The number of aromatic carboxylic acids is 1.